The Bertz CT molecular complexity index is 171. The van der Waals surface area contributed by atoms with E-state index in [0.29, 0.717) is 0 Å². The predicted molar refractivity (Wildman–Crippen MR) is 70.8 cm³/mol. The van der Waals surface area contributed by atoms with Gasteiger partial charge in [0.25, 0.3) is 0 Å². The van der Waals surface area contributed by atoms with Gasteiger partial charge in [0.15, 0.2) is 0 Å². The minimum Gasteiger partial charge on any atom is 2.00 e. The fraction of sp³-hybridized carbons (Fsp3) is 0.500. The molecule has 0 fully saturated rings. The summed E-state index contributed by atoms with van der Waals surface area (Å²) in [4.78, 5) is 30.6. The summed E-state index contributed by atoms with van der Waals surface area (Å²) in [6, 6.07) is 0. The first-order chi connectivity index (χ1) is 7.93. The van der Waals surface area contributed by atoms with Crippen molar-refractivity contribution in [1.29, 1.82) is 0 Å². The molecule has 0 saturated carbocycles. The molecule has 115 valence electrons. The van der Waals surface area contributed by atoms with Crippen LogP contribution in [0.2, 0.25) is 0 Å². The zero-order chi connectivity index (χ0) is 16.3. The van der Waals surface area contributed by atoms with Crippen LogP contribution in [0.1, 0.15) is 27.7 Å². The molecule has 0 aliphatic heterocycles. The fourth-order valence-corrected chi connectivity index (χ4v) is 0. The van der Waals surface area contributed by atoms with Crippen LogP contribution in [0.4, 0.5) is 0 Å². The Balaban J connectivity index is -0.0000000279. The summed E-state index contributed by atoms with van der Waals surface area (Å²) in [6.45, 7) is 5.22. The number of hydrogen-bond acceptors (Lipinski definition) is 0. The molecule has 0 atom stereocenters. The van der Waals surface area contributed by atoms with E-state index in [4.69, 9.17) is 39.6 Å². The summed E-state index contributed by atoms with van der Waals surface area (Å²) in [6.07, 6.45) is 0. The summed E-state index contributed by atoms with van der Waals surface area (Å²) in [5.41, 5.74) is 0. The van der Waals surface area contributed by atoms with Crippen molar-refractivity contribution in [2.75, 3.05) is 0 Å². The van der Waals surface area contributed by atoms with Crippen LogP contribution in [-0.2, 0) is 36.8 Å². The molecule has 11 heteroatoms. The van der Waals surface area contributed by atoms with E-state index in [2.05, 4.69) is 9.69 Å². The quantitative estimate of drug-likeness (QED) is 0.263. The van der Waals surface area contributed by atoms with Crippen molar-refractivity contribution in [1.82, 2.24) is 0 Å². The number of rotatable bonds is 0. The van der Waals surface area contributed by atoms with Crippen molar-refractivity contribution >= 4 is 33.6 Å². The van der Waals surface area contributed by atoms with Crippen LogP contribution in [0.25, 0.3) is 0 Å². The van der Waals surface area contributed by atoms with Crippen molar-refractivity contribution in [2.45, 2.75) is 27.7 Å². The van der Waals surface area contributed by atoms with Crippen LogP contribution in [0, 0.1) is 0 Å². The molecule has 0 rings (SSSR count). The van der Waals surface area contributed by atoms with Gasteiger partial charge in [-0.15, -0.1) is 0 Å². The Morgan fingerprint density at radius 2 is 0.632 bits per heavy atom. The second-order valence-electron chi connectivity index (χ2n) is 2.34. The first-order valence-electron chi connectivity index (χ1n) is 4.03. The van der Waals surface area contributed by atoms with Crippen LogP contribution in [0.5, 0.6) is 0 Å². The summed E-state index contributed by atoms with van der Waals surface area (Å²) in [7, 11) is 4.57. The van der Waals surface area contributed by atoms with E-state index < -0.39 is 0 Å². The minimum absolute atomic E-state index is 0. The molecule has 0 aliphatic rings. The fourth-order valence-electron chi connectivity index (χ4n) is 0. The first kappa shape index (κ1) is 36.2. The van der Waals surface area contributed by atoms with Crippen LogP contribution in [0.15, 0.2) is 0 Å². The molecule has 0 saturated heterocycles. The summed E-state index contributed by atoms with van der Waals surface area (Å²) in [5, 5.41) is 24.2. The van der Waals surface area contributed by atoms with Crippen LogP contribution in [-0.4, -0.2) is 63.5 Å². The van der Waals surface area contributed by atoms with Gasteiger partial charge in [-0.25, -0.2) is 19.2 Å². The molecule has 0 unspecified atom stereocenters. The van der Waals surface area contributed by atoms with Crippen molar-refractivity contribution in [2.24, 2.45) is 0 Å². The van der Waals surface area contributed by atoms with Gasteiger partial charge in [-0.05, 0) is 0 Å². The van der Waals surface area contributed by atoms with Crippen LogP contribution in [0.3, 0.4) is 0 Å². The molecule has 0 heterocycles. The summed E-state index contributed by atoms with van der Waals surface area (Å²) >= 11 is 1.82. The number of carbonyl (C=O) groups excluding carboxylic acids is 4. The third kappa shape index (κ3) is 12200. The molecular weight excluding hydrogens is 462 g/mol. The Morgan fingerprint density at radius 1 is 0.632 bits per heavy atom. The average molecular weight is 486 g/mol. The van der Waals surface area contributed by atoms with Gasteiger partial charge < -0.3 is 20.4 Å². The first-order valence-corrected chi connectivity index (χ1v) is 6.27. The second-order valence-corrected chi connectivity index (χ2v) is 2.34. The van der Waals surface area contributed by atoms with Crippen LogP contribution >= 0.6 is 9.69 Å². The Morgan fingerprint density at radius 3 is 0.632 bits per heavy atom. The summed E-state index contributed by atoms with van der Waals surface area (Å²) < 4.78 is 0. The average Bonchev–Trinajstić information content (AvgIpc) is 2.01. The smallest absolute Gasteiger partial charge is 2.00 e. The Hall–Kier alpha value is -0.583. The van der Waals surface area contributed by atoms with E-state index in [1.54, 1.807) is 0 Å². The van der Waals surface area contributed by atoms with Gasteiger partial charge >= 0.3 is 70.4 Å². The van der Waals surface area contributed by atoms with Crippen molar-refractivity contribution in [3.63, 3.8) is 0 Å². The SMILES string of the molecule is CC(=[OH+])[OH2+].CC(=[OH+])[OH2+].CC(=[OH+])[OH2+].CC(=[OH+])[OH2+].[Cl][Ru+2].[Ru+2]. The van der Waals surface area contributed by atoms with E-state index in [9.17, 15) is 0 Å². The normalized spacial score (nSPS) is 5.53. The van der Waals surface area contributed by atoms with E-state index >= 15 is 0 Å². The Labute approximate surface area is 137 Å². The van der Waals surface area contributed by atoms with Crippen molar-refractivity contribution < 1.29 is 76.4 Å². The molecule has 19 heavy (non-hydrogen) atoms. The van der Waals surface area contributed by atoms with Crippen LogP contribution < -0.4 is 0 Å². The zero-order valence-electron chi connectivity index (χ0n) is 10.9. The standard InChI is InChI=1S/4C2H4O2.ClH.2Ru/c4*1-2(3)4;;;/h4*1H3,(H,3,4);1H;;/q;;;;;+2;+3/p+7. The zero-order valence-corrected chi connectivity index (χ0v) is 15.1. The molecule has 0 aromatic carbocycles. The van der Waals surface area contributed by atoms with Crippen molar-refractivity contribution in [3.05, 3.63) is 0 Å². The second kappa shape index (κ2) is 36.0. The predicted octanol–water partition coefficient (Wildman–Crippen LogP) is -2.38. The maximum Gasteiger partial charge on any atom is 2.00 e. The van der Waals surface area contributed by atoms with Gasteiger partial charge in [0.05, 0.1) is 0 Å². The molecule has 12 N–H and O–H groups in total. The maximum absolute atomic E-state index is 7.64. The minimum atomic E-state index is -0.333. The molecule has 0 amide bonds. The van der Waals surface area contributed by atoms with Gasteiger partial charge in [-0.1, -0.05) is 0 Å². The topological polar surface area (TPSA) is 177 Å². The van der Waals surface area contributed by atoms with E-state index in [-0.39, 0.29) is 43.4 Å². The molecule has 0 radical (unpaired) electrons. The van der Waals surface area contributed by atoms with Crippen molar-refractivity contribution in [3.8, 4) is 0 Å². The van der Waals surface area contributed by atoms with E-state index in [1.165, 1.54) is 27.7 Å². The van der Waals surface area contributed by atoms with Gasteiger partial charge in [0, 0.05) is 0 Å². The van der Waals surface area contributed by atoms with E-state index in [0.717, 1.165) is 0 Å². The third-order valence-electron chi connectivity index (χ3n) is 0. The molecule has 0 aromatic rings. The maximum atomic E-state index is 7.64. The Kier molecular flexibility index (Phi) is 68.7. The van der Waals surface area contributed by atoms with Gasteiger partial charge in [0.1, 0.15) is 27.7 Å². The van der Waals surface area contributed by atoms with E-state index in [1.807, 2.05) is 17.3 Å². The molecule has 0 spiro atoms. The monoisotopic (exact) mass is 487 g/mol. The summed E-state index contributed by atoms with van der Waals surface area (Å²) in [5.74, 6) is -1.33. The molecule has 0 bridgehead atoms. The largest absolute Gasteiger partial charge is 2.00 e. The third-order valence-corrected chi connectivity index (χ3v) is 0. The number of halogens is 1. The van der Waals surface area contributed by atoms with Gasteiger partial charge in [-0.3, -0.25) is 0 Å². The van der Waals surface area contributed by atoms with Gasteiger partial charge in [-0.2, -0.15) is 0 Å². The van der Waals surface area contributed by atoms with Gasteiger partial charge in [0.2, 0.25) is 0 Å². The molecular formula is C8H24ClO8Ru2+12. The molecule has 0 aliphatic carbocycles. The number of hydrogen-bond donors (Lipinski definition) is 0. The molecule has 8 nitrogen and oxygen atoms in total. The molecule has 0 aromatic heterocycles.